The molecule has 0 radical (unpaired) electrons. The summed E-state index contributed by atoms with van der Waals surface area (Å²) in [5.74, 6) is 0.788. The maximum Gasteiger partial charge on any atom is 0.305 e. The third-order valence-corrected chi connectivity index (χ3v) is 2.70. The Labute approximate surface area is 153 Å². The molecule has 0 aliphatic carbocycles. The van der Waals surface area contributed by atoms with E-state index in [-0.39, 0.29) is 35.5 Å². The standard InChI is InChI=1S/C16H33N3O2.HI/c1-6-17-15(19-16(3,4)5)18-13-11-9-8-10-12-14(20)21-7-2;/h6-13H2,1-5H3,(H2,17,18,19);1H. The number of nitrogens with one attached hydrogen (secondary N) is 2. The summed E-state index contributed by atoms with van der Waals surface area (Å²) >= 11 is 0. The minimum absolute atomic E-state index is 0. The average Bonchev–Trinajstić information content (AvgIpc) is 2.36. The lowest BCUT2D eigenvalue weighted by atomic mass is 10.1. The zero-order chi connectivity index (χ0) is 16.1. The Morgan fingerprint density at radius 2 is 1.73 bits per heavy atom. The first kappa shape index (κ1) is 23.7. The Kier molecular flexibility index (Phi) is 15.2. The van der Waals surface area contributed by atoms with Gasteiger partial charge < -0.3 is 15.4 Å². The monoisotopic (exact) mass is 427 g/mol. The predicted molar refractivity (Wildman–Crippen MR) is 104 cm³/mol. The number of hydrogen-bond donors (Lipinski definition) is 2. The summed E-state index contributed by atoms with van der Waals surface area (Å²) in [6.07, 6.45) is 4.63. The highest BCUT2D eigenvalue weighted by molar-refractivity contribution is 14.0. The minimum atomic E-state index is -0.0840. The molecule has 0 heterocycles. The van der Waals surface area contributed by atoms with Gasteiger partial charge in [0, 0.05) is 25.0 Å². The second kappa shape index (κ2) is 14.1. The molecule has 0 aromatic heterocycles. The summed E-state index contributed by atoms with van der Waals surface area (Å²) in [6, 6.07) is 0. The van der Waals surface area contributed by atoms with Gasteiger partial charge in [0.2, 0.25) is 0 Å². The van der Waals surface area contributed by atoms with E-state index in [1.54, 1.807) is 0 Å². The van der Waals surface area contributed by atoms with Crippen LogP contribution in [0.1, 0.15) is 66.7 Å². The van der Waals surface area contributed by atoms with Crippen LogP contribution in [0.4, 0.5) is 0 Å². The highest BCUT2D eigenvalue weighted by Gasteiger charge is 2.11. The first-order chi connectivity index (χ1) is 9.89. The van der Waals surface area contributed by atoms with Gasteiger partial charge in [-0.3, -0.25) is 9.79 Å². The minimum Gasteiger partial charge on any atom is -0.466 e. The summed E-state index contributed by atoms with van der Waals surface area (Å²) in [4.78, 5) is 15.7. The van der Waals surface area contributed by atoms with E-state index in [1.165, 1.54) is 0 Å². The Bertz CT molecular complexity index is 315. The van der Waals surface area contributed by atoms with Crippen LogP contribution in [-0.4, -0.2) is 37.2 Å². The SMILES string of the molecule is CCNC(=NCCCCCCC(=O)OCC)NC(C)(C)C.I. The molecule has 132 valence electrons. The van der Waals surface area contributed by atoms with E-state index < -0.39 is 0 Å². The van der Waals surface area contributed by atoms with Gasteiger partial charge in [-0.2, -0.15) is 0 Å². The van der Waals surface area contributed by atoms with Gasteiger partial charge in [-0.25, -0.2) is 0 Å². The lowest BCUT2D eigenvalue weighted by Gasteiger charge is -2.23. The van der Waals surface area contributed by atoms with E-state index in [0.717, 1.165) is 44.7 Å². The molecule has 2 N–H and O–H groups in total. The van der Waals surface area contributed by atoms with Gasteiger partial charge in [0.1, 0.15) is 0 Å². The van der Waals surface area contributed by atoms with Gasteiger partial charge >= 0.3 is 5.97 Å². The summed E-state index contributed by atoms with van der Waals surface area (Å²) in [5, 5.41) is 6.61. The lowest BCUT2D eigenvalue weighted by Crippen LogP contribution is -2.47. The summed E-state index contributed by atoms with van der Waals surface area (Å²) < 4.78 is 4.90. The third kappa shape index (κ3) is 15.9. The van der Waals surface area contributed by atoms with Crippen LogP contribution < -0.4 is 10.6 Å². The molecular formula is C16H34IN3O2. The summed E-state index contributed by atoms with van der Waals surface area (Å²) in [5.41, 5.74) is 0.0145. The number of nitrogens with zero attached hydrogens (tertiary/aromatic N) is 1. The smallest absolute Gasteiger partial charge is 0.305 e. The zero-order valence-electron chi connectivity index (χ0n) is 14.8. The van der Waals surface area contributed by atoms with Gasteiger partial charge in [0.05, 0.1) is 6.61 Å². The molecule has 0 aromatic rings. The fourth-order valence-electron chi connectivity index (χ4n) is 1.82. The summed E-state index contributed by atoms with van der Waals surface area (Å²) in [6.45, 7) is 12.4. The molecule has 0 saturated carbocycles. The fourth-order valence-corrected chi connectivity index (χ4v) is 1.82. The molecular weight excluding hydrogens is 393 g/mol. The van der Waals surface area contributed by atoms with Crippen molar-refractivity contribution in [2.45, 2.75) is 72.3 Å². The van der Waals surface area contributed by atoms with Crippen LogP contribution in [0.2, 0.25) is 0 Å². The molecule has 5 nitrogen and oxygen atoms in total. The van der Waals surface area contributed by atoms with Crippen molar-refractivity contribution >= 4 is 35.9 Å². The van der Waals surface area contributed by atoms with Crippen molar-refractivity contribution in [2.75, 3.05) is 19.7 Å². The quantitative estimate of drug-likeness (QED) is 0.195. The Balaban J connectivity index is 0. The predicted octanol–water partition coefficient (Wildman–Crippen LogP) is 3.47. The molecule has 0 aliphatic heterocycles. The molecule has 6 heteroatoms. The number of unbranched alkanes of at least 4 members (excludes halogenated alkanes) is 3. The van der Waals surface area contributed by atoms with E-state index in [4.69, 9.17) is 4.74 Å². The molecule has 22 heavy (non-hydrogen) atoms. The largest absolute Gasteiger partial charge is 0.466 e. The van der Waals surface area contributed by atoms with E-state index >= 15 is 0 Å². The first-order valence-electron chi connectivity index (χ1n) is 8.11. The number of guanidine groups is 1. The average molecular weight is 427 g/mol. The normalized spacial score (nSPS) is 11.6. The van der Waals surface area contributed by atoms with Crippen LogP contribution in [0.3, 0.4) is 0 Å². The number of carbonyl (C=O) groups excluding carboxylic acids is 1. The van der Waals surface area contributed by atoms with Gasteiger partial charge in [-0.15, -0.1) is 24.0 Å². The van der Waals surface area contributed by atoms with Crippen LogP contribution in [0.5, 0.6) is 0 Å². The van der Waals surface area contributed by atoms with Crippen LogP contribution in [0.25, 0.3) is 0 Å². The molecule has 0 amide bonds. The van der Waals surface area contributed by atoms with Crippen molar-refractivity contribution < 1.29 is 9.53 Å². The molecule has 0 bridgehead atoms. The van der Waals surface area contributed by atoms with Crippen LogP contribution >= 0.6 is 24.0 Å². The maximum atomic E-state index is 11.2. The number of hydrogen-bond acceptors (Lipinski definition) is 3. The first-order valence-corrected chi connectivity index (χ1v) is 8.11. The molecule has 0 atom stereocenters. The highest BCUT2D eigenvalue weighted by Crippen LogP contribution is 2.04. The molecule has 0 rings (SSSR count). The van der Waals surface area contributed by atoms with Crippen LogP contribution in [-0.2, 0) is 9.53 Å². The molecule has 0 spiro atoms. The number of halogens is 1. The van der Waals surface area contributed by atoms with E-state index in [1.807, 2.05) is 6.92 Å². The fraction of sp³-hybridized carbons (Fsp3) is 0.875. The van der Waals surface area contributed by atoms with Gasteiger partial charge in [0.15, 0.2) is 5.96 Å². The van der Waals surface area contributed by atoms with Crippen molar-refractivity contribution in [1.82, 2.24) is 10.6 Å². The van der Waals surface area contributed by atoms with E-state index in [9.17, 15) is 4.79 Å². The number of rotatable bonds is 9. The van der Waals surface area contributed by atoms with Crippen molar-refractivity contribution in [3.05, 3.63) is 0 Å². The van der Waals surface area contributed by atoms with E-state index in [2.05, 4.69) is 43.3 Å². The number of esters is 1. The Morgan fingerprint density at radius 3 is 2.27 bits per heavy atom. The molecule has 0 fully saturated rings. The number of carbonyl (C=O) groups is 1. The Morgan fingerprint density at radius 1 is 1.09 bits per heavy atom. The Hall–Kier alpha value is -0.530. The molecule has 0 aliphatic rings. The van der Waals surface area contributed by atoms with Gasteiger partial charge in [-0.1, -0.05) is 12.8 Å². The molecule has 0 unspecified atom stereocenters. The zero-order valence-corrected chi connectivity index (χ0v) is 17.2. The maximum absolute atomic E-state index is 11.2. The lowest BCUT2D eigenvalue weighted by molar-refractivity contribution is -0.143. The third-order valence-electron chi connectivity index (χ3n) is 2.70. The second-order valence-corrected chi connectivity index (χ2v) is 6.10. The molecule has 0 aromatic carbocycles. The molecule has 0 saturated heterocycles. The van der Waals surface area contributed by atoms with Crippen molar-refractivity contribution in [2.24, 2.45) is 4.99 Å². The van der Waals surface area contributed by atoms with Gasteiger partial charge in [-0.05, 0) is 47.5 Å². The van der Waals surface area contributed by atoms with Crippen LogP contribution in [0.15, 0.2) is 4.99 Å². The topological polar surface area (TPSA) is 62.7 Å². The number of aliphatic imine (C=N–C) groups is 1. The van der Waals surface area contributed by atoms with Crippen molar-refractivity contribution in [3.8, 4) is 0 Å². The second-order valence-electron chi connectivity index (χ2n) is 6.10. The van der Waals surface area contributed by atoms with Gasteiger partial charge in [0.25, 0.3) is 0 Å². The highest BCUT2D eigenvalue weighted by atomic mass is 127. The summed E-state index contributed by atoms with van der Waals surface area (Å²) in [7, 11) is 0. The number of ether oxygens (including phenoxy) is 1. The van der Waals surface area contributed by atoms with E-state index in [0.29, 0.717) is 13.0 Å². The van der Waals surface area contributed by atoms with Crippen molar-refractivity contribution in [3.63, 3.8) is 0 Å². The van der Waals surface area contributed by atoms with Crippen molar-refractivity contribution in [1.29, 1.82) is 0 Å². The van der Waals surface area contributed by atoms with Crippen LogP contribution in [0, 0.1) is 0 Å².